The maximum Gasteiger partial charge on any atom is 0.144 e. The van der Waals surface area contributed by atoms with Crippen molar-refractivity contribution in [3.05, 3.63) is 57.0 Å². The van der Waals surface area contributed by atoms with Crippen molar-refractivity contribution in [2.24, 2.45) is 0 Å². The van der Waals surface area contributed by atoms with E-state index in [0.717, 1.165) is 0 Å². The van der Waals surface area contributed by atoms with Crippen LogP contribution in [0.4, 0.5) is 4.39 Å². The van der Waals surface area contributed by atoms with Crippen LogP contribution in [0.5, 0.6) is 0 Å². The Bertz CT molecular complexity index is 845. The molecule has 0 saturated carbocycles. The van der Waals surface area contributed by atoms with Gasteiger partial charge in [-0.1, -0.05) is 34.8 Å². The molecule has 0 spiro atoms. The van der Waals surface area contributed by atoms with Crippen LogP contribution in [-0.4, -0.2) is 9.55 Å². The Hall–Kier alpha value is -1.000. The number of hydrogen-bond donors (Lipinski definition) is 0. The van der Waals surface area contributed by atoms with Crippen molar-refractivity contribution in [3.63, 3.8) is 0 Å². The van der Waals surface area contributed by atoms with Gasteiger partial charge < -0.3 is 0 Å². The molecule has 0 atom stereocenters. The first-order valence-electron chi connectivity index (χ1n) is 5.89. The molecule has 1 aromatic heterocycles. The number of benzene rings is 2. The minimum atomic E-state index is -0.530. The van der Waals surface area contributed by atoms with Gasteiger partial charge in [-0.15, -0.1) is 11.6 Å². The van der Waals surface area contributed by atoms with E-state index in [4.69, 9.17) is 46.4 Å². The highest BCUT2D eigenvalue weighted by atomic mass is 35.5. The van der Waals surface area contributed by atoms with E-state index >= 15 is 0 Å². The lowest BCUT2D eigenvalue weighted by Gasteiger charge is -2.10. The normalized spacial score (nSPS) is 11.3. The van der Waals surface area contributed by atoms with Gasteiger partial charge in [0, 0.05) is 11.1 Å². The van der Waals surface area contributed by atoms with Gasteiger partial charge in [-0.2, -0.15) is 0 Å². The van der Waals surface area contributed by atoms with Crippen LogP contribution < -0.4 is 0 Å². The molecule has 3 aromatic rings. The van der Waals surface area contributed by atoms with Crippen LogP contribution in [-0.2, 0) is 5.88 Å². The zero-order valence-electron chi connectivity index (χ0n) is 10.4. The fourth-order valence-electron chi connectivity index (χ4n) is 2.14. The minimum absolute atomic E-state index is 0.00913. The SMILES string of the molecule is Fc1cc2nc(CCl)n(-c3ccc(Cl)cc3Cl)c2cc1Cl. The molecule has 2 nitrogen and oxygen atoms in total. The molecule has 3 rings (SSSR count). The van der Waals surface area contributed by atoms with E-state index in [-0.39, 0.29) is 10.9 Å². The van der Waals surface area contributed by atoms with Crippen LogP contribution in [0.15, 0.2) is 30.3 Å². The minimum Gasteiger partial charge on any atom is -0.294 e. The van der Waals surface area contributed by atoms with Crippen LogP contribution in [0.2, 0.25) is 15.1 Å². The van der Waals surface area contributed by atoms with Crippen molar-refractivity contribution in [2.75, 3.05) is 0 Å². The van der Waals surface area contributed by atoms with E-state index in [1.54, 1.807) is 22.8 Å². The summed E-state index contributed by atoms with van der Waals surface area (Å²) < 4.78 is 15.3. The Kier molecular flexibility index (Phi) is 4.02. The molecule has 0 N–H and O–H groups in total. The number of hydrogen-bond acceptors (Lipinski definition) is 1. The molecule has 0 bridgehead atoms. The summed E-state index contributed by atoms with van der Waals surface area (Å²) in [5, 5.41) is 0.966. The van der Waals surface area contributed by atoms with Crippen molar-refractivity contribution in [1.82, 2.24) is 9.55 Å². The molecule has 0 fully saturated rings. The van der Waals surface area contributed by atoms with E-state index in [0.29, 0.717) is 32.6 Å². The quantitative estimate of drug-likeness (QED) is 0.521. The molecule has 0 amide bonds. The lowest BCUT2D eigenvalue weighted by Crippen LogP contribution is -2.00. The number of nitrogens with zero attached hydrogens (tertiary/aromatic N) is 2. The van der Waals surface area contributed by atoms with Gasteiger partial charge in [0.05, 0.1) is 32.6 Å². The average molecular weight is 364 g/mol. The van der Waals surface area contributed by atoms with Crippen molar-refractivity contribution in [3.8, 4) is 5.69 Å². The number of rotatable bonds is 2. The first-order valence-corrected chi connectivity index (χ1v) is 7.56. The lowest BCUT2D eigenvalue weighted by molar-refractivity contribution is 0.630. The maximum atomic E-state index is 13.6. The van der Waals surface area contributed by atoms with Crippen LogP contribution in [0.1, 0.15) is 5.82 Å². The second kappa shape index (κ2) is 5.65. The van der Waals surface area contributed by atoms with Gasteiger partial charge in [0.2, 0.25) is 0 Å². The molecule has 108 valence electrons. The number of fused-ring (bicyclic) bond motifs is 1. The third-order valence-corrected chi connectivity index (χ3v) is 4.10. The number of aromatic nitrogens is 2. The van der Waals surface area contributed by atoms with Gasteiger partial charge in [-0.05, 0) is 24.3 Å². The summed E-state index contributed by atoms with van der Waals surface area (Å²) in [4.78, 5) is 4.31. The first kappa shape index (κ1) is 14.9. The molecule has 2 aromatic carbocycles. The standard InChI is InChI=1S/C14H7Cl4FN2/c15-6-14-20-11-5-10(19)8(17)4-13(11)21(14)12-2-1-7(16)3-9(12)18/h1-5H,6H2. The largest absolute Gasteiger partial charge is 0.294 e. The molecule has 0 aliphatic carbocycles. The molecular formula is C14H7Cl4FN2. The summed E-state index contributed by atoms with van der Waals surface area (Å²) in [5.74, 6) is 0.155. The van der Waals surface area contributed by atoms with Gasteiger partial charge in [-0.25, -0.2) is 9.37 Å². The Morgan fingerprint density at radius 1 is 1.05 bits per heavy atom. The van der Waals surface area contributed by atoms with Gasteiger partial charge >= 0.3 is 0 Å². The van der Waals surface area contributed by atoms with E-state index in [2.05, 4.69) is 4.98 Å². The van der Waals surface area contributed by atoms with Crippen LogP contribution in [0, 0.1) is 5.82 Å². The predicted octanol–water partition coefficient (Wildman–Crippen LogP) is 5.86. The summed E-state index contributed by atoms with van der Waals surface area (Å²) in [5.41, 5.74) is 1.74. The van der Waals surface area contributed by atoms with Crippen LogP contribution >= 0.6 is 46.4 Å². The van der Waals surface area contributed by atoms with Gasteiger partial charge in [0.15, 0.2) is 0 Å². The summed E-state index contributed by atoms with van der Waals surface area (Å²) in [6.45, 7) is 0. The number of alkyl halides is 1. The monoisotopic (exact) mass is 362 g/mol. The van der Waals surface area contributed by atoms with Gasteiger partial charge in [-0.3, -0.25) is 4.57 Å². The highest BCUT2D eigenvalue weighted by molar-refractivity contribution is 6.36. The third-order valence-electron chi connectivity index (χ3n) is 3.04. The predicted molar refractivity (Wildman–Crippen MR) is 85.6 cm³/mol. The molecular weight excluding hydrogens is 357 g/mol. The third kappa shape index (κ3) is 2.59. The van der Waals surface area contributed by atoms with Crippen molar-refractivity contribution in [1.29, 1.82) is 0 Å². The summed E-state index contributed by atoms with van der Waals surface area (Å²) in [6, 6.07) is 7.85. The Morgan fingerprint density at radius 3 is 2.48 bits per heavy atom. The first-order chi connectivity index (χ1) is 10.0. The highest BCUT2D eigenvalue weighted by Gasteiger charge is 2.16. The van der Waals surface area contributed by atoms with E-state index in [1.165, 1.54) is 12.1 Å². The molecule has 0 radical (unpaired) electrons. The lowest BCUT2D eigenvalue weighted by atomic mass is 10.2. The molecule has 0 aliphatic heterocycles. The molecule has 0 aliphatic rings. The Morgan fingerprint density at radius 2 is 1.81 bits per heavy atom. The molecule has 0 unspecified atom stereocenters. The molecule has 0 saturated heterocycles. The summed E-state index contributed by atoms with van der Waals surface area (Å²) >= 11 is 23.9. The fourth-order valence-corrected chi connectivity index (χ4v) is 2.97. The Labute approximate surface area is 140 Å². The van der Waals surface area contributed by atoms with Gasteiger partial charge in [0.25, 0.3) is 0 Å². The van der Waals surface area contributed by atoms with Crippen LogP contribution in [0.3, 0.4) is 0 Å². The van der Waals surface area contributed by atoms with E-state index < -0.39 is 5.82 Å². The Balaban J connectivity index is 2.37. The number of imidazole rings is 1. The zero-order chi connectivity index (χ0) is 15.1. The van der Waals surface area contributed by atoms with Crippen LogP contribution in [0.25, 0.3) is 16.7 Å². The maximum absolute atomic E-state index is 13.6. The topological polar surface area (TPSA) is 17.8 Å². The zero-order valence-corrected chi connectivity index (χ0v) is 13.4. The van der Waals surface area contributed by atoms with Crippen molar-refractivity contribution in [2.45, 2.75) is 5.88 Å². The van der Waals surface area contributed by atoms with E-state index in [1.807, 2.05) is 0 Å². The molecule has 21 heavy (non-hydrogen) atoms. The molecule has 7 heteroatoms. The van der Waals surface area contributed by atoms with Gasteiger partial charge in [0.1, 0.15) is 11.6 Å². The molecule has 1 heterocycles. The summed E-state index contributed by atoms with van der Waals surface area (Å²) in [6.07, 6.45) is 0. The number of halogens is 5. The average Bonchev–Trinajstić information content (AvgIpc) is 2.77. The van der Waals surface area contributed by atoms with Crippen molar-refractivity contribution < 1.29 is 4.39 Å². The highest BCUT2D eigenvalue weighted by Crippen LogP contribution is 2.31. The fraction of sp³-hybridized carbons (Fsp3) is 0.0714. The summed E-state index contributed by atoms with van der Waals surface area (Å²) in [7, 11) is 0. The smallest absolute Gasteiger partial charge is 0.144 e. The van der Waals surface area contributed by atoms with E-state index in [9.17, 15) is 4.39 Å². The second-order valence-corrected chi connectivity index (χ2v) is 5.87. The van der Waals surface area contributed by atoms with Crippen molar-refractivity contribution >= 4 is 57.4 Å². The second-order valence-electron chi connectivity index (χ2n) is 4.35.